The summed E-state index contributed by atoms with van der Waals surface area (Å²) >= 11 is 0. The number of carbonyl (C=O) groups is 2. The molecule has 1 saturated heterocycles. The number of amides is 1. The molecule has 0 bridgehead atoms. The molecule has 0 aliphatic carbocycles. The van der Waals surface area contributed by atoms with Crippen LogP contribution in [0.15, 0.2) is 30.5 Å². The van der Waals surface area contributed by atoms with Crippen molar-refractivity contribution in [3.05, 3.63) is 36.0 Å². The molecule has 1 fully saturated rings. The topological polar surface area (TPSA) is 51.5 Å². The first-order valence-corrected chi connectivity index (χ1v) is 9.92. The highest BCUT2D eigenvalue weighted by molar-refractivity contribution is 5.85. The van der Waals surface area contributed by atoms with Gasteiger partial charge >= 0.3 is 5.97 Å². The minimum atomic E-state index is -0.152. The molecule has 27 heavy (non-hydrogen) atoms. The fourth-order valence-corrected chi connectivity index (χ4v) is 4.01. The number of para-hydroxylation sites is 1. The summed E-state index contributed by atoms with van der Waals surface area (Å²) in [6.07, 6.45) is 5.73. The third kappa shape index (κ3) is 4.52. The number of hydrogen-bond acceptors (Lipinski definition) is 3. The van der Waals surface area contributed by atoms with Crippen LogP contribution < -0.4 is 0 Å². The number of piperidine rings is 1. The summed E-state index contributed by atoms with van der Waals surface area (Å²) in [7, 11) is 1.43. The Morgan fingerprint density at radius 2 is 1.89 bits per heavy atom. The number of nitrogens with zero attached hydrogens (tertiary/aromatic N) is 2. The third-order valence-electron chi connectivity index (χ3n) is 5.64. The minimum Gasteiger partial charge on any atom is -0.469 e. The lowest BCUT2D eigenvalue weighted by molar-refractivity contribution is -0.142. The summed E-state index contributed by atoms with van der Waals surface area (Å²) in [4.78, 5) is 26.0. The van der Waals surface area contributed by atoms with Crippen molar-refractivity contribution in [3.63, 3.8) is 0 Å². The van der Waals surface area contributed by atoms with Crippen LogP contribution in [-0.2, 0) is 20.7 Å². The maximum Gasteiger partial charge on any atom is 0.305 e. The van der Waals surface area contributed by atoms with Gasteiger partial charge in [0.15, 0.2) is 0 Å². The fourth-order valence-electron chi connectivity index (χ4n) is 4.01. The highest BCUT2D eigenvalue weighted by Crippen LogP contribution is 2.26. The van der Waals surface area contributed by atoms with E-state index in [1.165, 1.54) is 23.6 Å². The normalized spacial score (nSPS) is 15.5. The zero-order valence-electron chi connectivity index (χ0n) is 16.6. The summed E-state index contributed by atoms with van der Waals surface area (Å²) in [6, 6.07) is 8.81. The van der Waals surface area contributed by atoms with Crippen LogP contribution in [0, 0.1) is 5.92 Å². The summed E-state index contributed by atoms with van der Waals surface area (Å²) in [5.41, 5.74) is 2.48. The van der Waals surface area contributed by atoms with Crippen molar-refractivity contribution in [3.8, 4) is 0 Å². The van der Waals surface area contributed by atoms with Crippen molar-refractivity contribution in [2.24, 2.45) is 5.92 Å². The van der Waals surface area contributed by atoms with Crippen molar-refractivity contribution < 1.29 is 14.3 Å². The van der Waals surface area contributed by atoms with E-state index in [0.29, 0.717) is 24.8 Å². The summed E-state index contributed by atoms with van der Waals surface area (Å²) in [5, 5.41) is 1.25. The molecule has 0 N–H and O–H groups in total. The number of esters is 1. The van der Waals surface area contributed by atoms with Gasteiger partial charge in [0.2, 0.25) is 5.91 Å². The zero-order valence-corrected chi connectivity index (χ0v) is 16.6. The first kappa shape index (κ1) is 19.5. The smallest absolute Gasteiger partial charge is 0.305 e. The Morgan fingerprint density at radius 1 is 1.19 bits per heavy atom. The average Bonchev–Trinajstić information content (AvgIpc) is 3.05. The zero-order chi connectivity index (χ0) is 19.4. The number of carbonyl (C=O) groups excluding carboxylic acids is 2. The number of hydrogen-bond donors (Lipinski definition) is 0. The second kappa shape index (κ2) is 8.59. The number of rotatable bonds is 6. The van der Waals surface area contributed by atoms with Gasteiger partial charge in [0.1, 0.15) is 0 Å². The average molecular weight is 370 g/mol. The van der Waals surface area contributed by atoms with Crippen molar-refractivity contribution >= 4 is 22.8 Å². The lowest BCUT2D eigenvalue weighted by Gasteiger charge is -2.31. The number of likely N-dealkylation sites (tertiary alicyclic amines) is 1. The molecule has 3 rings (SSSR count). The lowest BCUT2D eigenvalue weighted by Crippen LogP contribution is -2.39. The number of aryl methyl sites for hydroxylation is 1. The van der Waals surface area contributed by atoms with Crippen LogP contribution in [0.4, 0.5) is 0 Å². The van der Waals surface area contributed by atoms with E-state index in [1.54, 1.807) is 0 Å². The van der Waals surface area contributed by atoms with Gasteiger partial charge in [-0.15, -0.1) is 0 Å². The Bertz CT molecular complexity index is 801. The van der Waals surface area contributed by atoms with Crippen molar-refractivity contribution in [1.82, 2.24) is 9.47 Å². The van der Waals surface area contributed by atoms with E-state index in [-0.39, 0.29) is 11.9 Å². The standard InChI is InChI=1S/C22H30N2O3/c1-16(2)24-15-18(19-6-4-5-7-20(19)24)8-9-21(25)23-12-10-17(11-13-23)14-22(26)27-3/h4-7,15-17H,8-14H2,1-3H3. The van der Waals surface area contributed by atoms with Gasteiger partial charge in [-0.3, -0.25) is 9.59 Å². The van der Waals surface area contributed by atoms with Crippen LogP contribution in [0.25, 0.3) is 10.9 Å². The molecule has 0 unspecified atom stereocenters. The van der Waals surface area contributed by atoms with Gasteiger partial charge < -0.3 is 14.2 Å². The van der Waals surface area contributed by atoms with E-state index in [1.807, 2.05) is 4.90 Å². The molecule has 1 aliphatic rings. The van der Waals surface area contributed by atoms with Crippen LogP contribution >= 0.6 is 0 Å². The lowest BCUT2D eigenvalue weighted by atomic mass is 9.93. The Balaban J connectivity index is 1.57. The Hall–Kier alpha value is -2.30. The SMILES string of the molecule is COC(=O)CC1CCN(C(=O)CCc2cn(C(C)C)c3ccccc23)CC1. The van der Waals surface area contributed by atoms with Gasteiger partial charge in [0.05, 0.1) is 7.11 Å². The van der Waals surface area contributed by atoms with Gasteiger partial charge in [0, 0.05) is 49.1 Å². The highest BCUT2D eigenvalue weighted by atomic mass is 16.5. The second-order valence-corrected chi connectivity index (χ2v) is 7.78. The predicted octanol–water partition coefficient (Wildman–Crippen LogP) is 3.96. The number of ether oxygens (including phenoxy) is 1. The van der Waals surface area contributed by atoms with E-state index in [4.69, 9.17) is 4.74 Å². The molecule has 5 nitrogen and oxygen atoms in total. The molecule has 2 heterocycles. The molecule has 0 saturated carbocycles. The molecule has 1 amide bonds. The third-order valence-corrected chi connectivity index (χ3v) is 5.64. The first-order valence-electron chi connectivity index (χ1n) is 9.92. The largest absolute Gasteiger partial charge is 0.469 e. The van der Waals surface area contributed by atoms with Crippen LogP contribution in [0.3, 0.4) is 0 Å². The fraction of sp³-hybridized carbons (Fsp3) is 0.545. The van der Waals surface area contributed by atoms with Gasteiger partial charge in [-0.25, -0.2) is 0 Å². The van der Waals surface area contributed by atoms with Crippen molar-refractivity contribution in [2.45, 2.75) is 52.0 Å². The monoisotopic (exact) mass is 370 g/mol. The maximum absolute atomic E-state index is 12.7. The molecule has 2 aromatic rings. The molecule has 0 atom stereocenters. The van der Waals surface area contributed by atoms with Gasteiger partial charge in [0.25, 0.3) is 0 Å². The van der Waals surface area contributed by atoms with Crippen LogP contribution in [-0.4, -0.2) is 41.5 Å². The molecule has 1 aliphatic heterocycles. The maximum atomic E-state index is 12.7. The number of benzene rings is 1. The molecule has 0 spiro atoms. The number of methoxy groups -OCH3 is 1. The van der Waals surface area contributed by atoms with Crippen molar-refractivity contribution in [2.75, 3.05) is 20.2 Å². The van der Waals surface area contributed by atoms with E-state index >= 15 is 0 Å². The molecule has 0 radical (unpaired) electrons. The number of aromatic nitrogens is 1. The second-order valence-electron chi connectivity index (χ2n) is 7.78. The quantitative estimate of drug-likeness (QED) is 0.723. The Kier molecular flexibility index (Phi) is 6.19. The van der Waals surface area contributed by atoms with Gasteiger partial charge in [-0.1, -0.05) is 18.2 Å². The highest BCUT2D eigenvalue weighted by Gasteiger charge is 2.24. The van der Waals surface area contributed by atoms with E-state index in [9.17, 15) is 9.59 Å². The molecular formula is C22H30N2O3. The van der Waals surface area contributed by atoms with Crippen LogP contribution in [0.1, 0.15) is 51.1 Å². The molecular weight excluding hydrogens is 340 g/mol. The first-order chi connectivity index (χ1) is 13.0. The molecule has 1 aromatic heterocycles. The van der Waals surface area contributed by atoms with Crippen LogP contribution in [0.5, 0.6) is 0 Å². The van der Waals surface area contributed by atoms with E-state index in [2.05, 4.69) is 48.9 Å². The van der Waals surface area contributed by atoms with Gasteiger partial charge in [-0.05, 0) is 50.7 Å². The Labute approximate surface area is 161 Å². The summed E-state index contributed by atoms with van der Waals surface area (Å²) < 4.78 is 7.03. The van der Waals surface area contributed by atoms with E-state index < -0.39 is 0 Å². The molecule has 1 aromatic carbocycles. The van der Waals surface area contributed by atoms with Crippen molar-refractivity contribution in [1.29, 1.82) is 0 Å². The molecule has 5 heteroatoms. The number of fused-ring (bicyclic) bond motifs is 1. The predicted molar refractivity (Wildman–Crippen MR) is 107 cm³/mol. The van der Waals surface area contributed by atoms with Crippen LogP contribution in [0.2, 0.25) is 0 Å². The summed E-state index contributed by atoms with van der Waals surface area (Å²) in [6.45, 7) is 5.85. The Morgan fingerprint density at radius 3 is 2.56 bits per heavy atom. The van der Waals surface area contributed by atoms with E-state index in [0.717, 1.165) is 32.4 Å². The minimum absolute atomic E-state index is 0.152. The van der Waals surface area contributed by atoms with Gasteiger partial charge in [-0.2, -0.15) is 0 Å². The summed E-state index contributed by atoms with van der Waals surface area (Å²) in [5.74, 6) is 0.403. The molecule has 146 valence electrons.